The van der Waals surface area contributed by atoms with Crippen molar-refractivity contribution >= 4 is 17.6 Å². The van der Waals surface area contributed by atoms with E-state index in [0.29, 0.717) is 52.2 Å². The third kappa shape index (κ3) is 6.61. The zero-order chi connectivity index (χ0) is 37.5. The number of likely N-dealkylation sites (N-methyl/N-ethyl adjacent to an activating group) is 2. The van der Waals surface area contributed by atoms with E-state index < -0.39 is 5.97 Å². The van der Waals surface area contributed by atoms with E-state index in [1.807, 2.05) is 36.4 Å². The molecule has 0 N–H and O–H groups in total. The molecule has 0 saturated carbocycles. The van der Waals surface area contributed by atoms with Crippen LogP contribution in [0.5, 0.6) is 46.0 Å². The van der Waals surface area contributed by atoms with Gasteiger partial charge in [0.25, 0.3) is 0 Å². The molecule has 0 saturated heterocycles. The molecule has 0 aromatic heterocycles. The van der Waals surface area contributed by atoms with E-state index >= 15 is 0 Å². The molecule has 278 valence electrons. The first-order chi connectivity index (χ1) is 26.3. The van der Waals surface area contributed by atoms with Crippen LogP contribution in [0.2, 0.25) is 5.02 Å². The maximum absolute atomic E-state index is 13.8. The van der Waals surface area contributed by atoms with E-state index in [2.05, 4.69) is 48.2 Å². The molecule has 0 unspecified atom stereocenters. The zero-order valence-electron chi connectivity index (χ0n) is 31.1. The molecular weight excluding hydrogens is 704 g/mol. The van der Waals surface area contributed by atoms with E-state index in [0.717, 1.165) is 53.9 Å². The summed E-state index contributed by atoms with van der Waals surface area (Å²) in [6.45, 7) is 1.62. The number of methoxy groups -OCH3 is 3. The molecule has 10 heteroatoms. The van der Waals surface area contributed by atoms with Crippen molar-refractivity contribution in [2.24, 2.45) is 0 Å². The van der Waals surface area contributed by atoms with Crippen LogP contribution in [0.15, 0.2) is 84.9 Å². The van der Waals surface area contributed by atoms with Gasteiger partial charge in [0, 0.05) is 30.7 Å². The quantitative estimate of drug-likeness (QED) is 0.129. The van der Waals surface area contributed by atoms with Gasteiger partial charge in [-0.15, -0.1) is 0 Å². The van der Waals surface area contributed by atoms with Gasteiger partial charge in [-0.3, -0.25) is 9.80 Å². The number of carbonyl (C=O) groups excluding carboxylic acids is 1. The van der Waals surface area contributed by atoms with E-state index in [-0.39, 0.29) is 23.6 Å². The summed E-state index contributed by atoms with van der Waals surface area (Å²) >= 11 is 7.25. The van der Waals surface area contributed by atoms with Crippen molar-refractivity contribution in [2.45, 2.75) is 37.8 Å². The number of esters is 1. The molecule has 4 aliphatic heterocycles. The Morgan fingerprint density at radius 1 is 0.722 bits per heavy atom. The average Bonchev–Trinajstić information content (AvgIpc) is 3.19. The predicted molar refractivity (Wildman–Crippen MR) is 208 cm³/mol. The molecule has 0 amide bonds. The van der Waals surface area contributed by atoms with Crippen molar-refractivity contribution in [1.29, 1.82) is 0 Å². The van der Waals surface area contributed by atoms with Gasteiger partial charge in [0.1, 0.15) is 5.75 Å². The van der Waals surface area contributed by atoms with Gasteiger partial charge >= 0.3 is 5.97 Å². The van der Waals surface area contributed by atoms with Crippen molar-refractivity contribution < 1.29 is 33.2 Å². The molecule has 54 heavy (non-hydrogen) atoms. The molecule has 0 fully saturated rings. The first kappa shape index (κ1) is 35.8. The minimum Gasteiger partial charge on any atom is -0.493 e. The summed E-state index contributed by atoms with van der Waals surface area (Å²) in [4.78, 5) is 18.5. The second-order valence-electron chi connectivity index (χ2n) is 14.1. The average molecular weight is 747 g/mol. The van der Waals surface area contributed by atoms with Crippen molar-refractivity contribution in [3.05, 3.63) is 129 Å². The second-order valence-corrected chi connectivity index (χ2v) is 14.5. The number of carbonyl (C=O) groups is 1. The van der Waals surface area contributed by atoms with E-state index in [1.165, 1.54) is 18.2 Å². The number of benzene rings is 5. The van der Waals surface area contributed by atoms with Crippen LogP contribution in [0.1, 0.15) is 55.8 Å². The van der Waals surface area contributed by atoms with E-state index in [9.17, 15) is 4.79 Å². The Hall–Kier alpha value is -5.22. The van der Waals surface area contributed by atoms with Crippen LogP contribution in [0.4, 0.5) is 0 Å². The lowest BCUT2D eigenvalue weighted by Crippen LogP contribution is -2.34. The number of fused-ring (bicyclic) bond motifs is 2. The van der Waals surface area contributed by atoms with Crippen LogP contribution in [-0.2, 0) is 25.7 Å². The molecule has 5 aromatic rings. The highest BCUT2D eigenvalue weighted by Crippen LogP contribution is 2.55. The van der Waals surface area contributed by atoms with Gasteiger partial charge in [-0.2, -0.15) is 0 Å². The molecule has 2 atom stereocenters. The van der Waals surface area contributed by atoms with Gasteiger partial charge in [-0.1, -0.05) is 48.0 Å². The monoisotopic (exact) mass is 746 g/mol. The highest BCUT2D eigenvalue weighted by atomic mass is 35.5. The van der Waals surface area contributed by atoms with Gasteiger partial charge in [0.2, 0.25) is 5.75 Å². The molecule has 4 heterocycles. The summed E-state index contributed by atoms with van der Waals surface area (Å²) in [5, 5.41) is 0.386. The Morgan fingerprint density at radius 3 is 2.15 bits per heavy atom. The van der Waals surface area contributed by atoms with E-state index in [1.54, 1.807) is 38.5 Å². The fraction of sp³-hybridized carbons (Fsp3) is 0.295. The summed E-state index contributed by atoms with van der Waals surface area (Å²) in [5.41, 5.74) is 6.59. The summed E-state index contributed by atoms with van der Waals surface area (Å²) in [6, 6.07) is 27.1. The van der Waals surface area contributed by atoms with Crippen LogP contribution in [0.25, 0.3) is 0 Å². The predicted octanol–water partition coefficient (Wildman–Crippen LogP) is 9.03. The third-order valence-corrected chi connectivity index (χ3v) is 11.3. The fourth-order valence-corrected chi connectivity index (χ4v) is 8.34. The van der Waals surface area contributed by atoms with Gasteiger partial charge in [0.05, 0.1) is 31.9 Å². The van der Waals surface area contributed by atoms with Crippen LogP contribution in [0, 0.1) is 0 Å². The van der Waals surface area contributed by atoms with Gasteiger partial charge in [-0.25, -0.2) is 4.79 Å². The van der Waals surface area contributed by atoms with Crippen molar-refractivity contribution in [3.8, 4) is 46.0 Å². The lowest BCUT2D eigenvalue weighted by Gasteiger charge is -2.38. The van der Waals surface area contributed by atoms with Crippen molar-refractivity contribution in [1.82, 2.24) is 9.80 Å². The van der Waals surface area contributed by atoms with Gasteiger partial charge < -0.3 is 28.4 Å². The molecule has 0 radical (unpaired) electrons. The first-order valence-corrected chi connectivity index (χ1v) is 18.6. The number of hydrogen-bond donors (Lipinski definition) is 0. The van der Waals surface area contributed by atoms with Gasteiger partial charge in [-0.05, 0) is 116 Å². The van der Waals surface area contributed by atoms with Crippen molar-refractivity contribution in [2.75, 3.05) is 48.5 Å². The number of halogens is 1. The Morgan fingerprint density at radius 2 is 1.41 bits per heavy atom. The smallest absolute Gasteiger partial charge is 0.343 e. The summed E-state index contributed by atoms with van der Waals surface area (Å²) in [7, 11) is 9.06. The highest BCUT2D eigenvalue weighted by Gasteiger charge is 2.38. The minimum absolute atomic E-state index is 0.0624. The Kier molecular flexibility index (Phi) is 9.87. The zero-order valence-corrected chi connectivity index (χ0v) is 31.9. The topological polar surface area (TPSA) is 78.9 Å². The lowest BCUT2D eigenvalue weighted by molar-refractivity contribution is 0.0724. The number of nitrogens with zero attached hydrogens (tertiary/aromatic N) is 2. The third-order valence-electron chi connectivity index (χ3n) is 10.9. The second kappa shape index (κ2) is 14.9. The maximum atomic E-state index is 13.8. The molecule has 6 bridgehead atoms. The van der Waals surface area contributed by atoms with Crippen LogP contribution >= 0.6 is 11.6 Å². The van der Waals surface area contributed by atoms with Crippen LogP contribution in [0.3, 0.4) is 0 Å². The van der Waals surface area contributed by atoms with E-state index in [4.69, 9.17) is 40.0 Å². The van der Waals surface area contributed by atoms with Gasteiger partial charge in [0.15, 0.2) is 34.5 Å². The standard InChI is InChI=1S/C44H43ClN2O7/c1-46-19-17-29-24-36(50-4)38-25-32(29)33(46)21-26-11-14-30(15-12-26)52-37-23-27(13-16-35(37)49-3)22-34-39-31(18-20-47(34)2)40(45)42(51-5)43(41(39)53-38)54-44(48)28-9-7-6-8-10-28/h6-16,23-25,33-34H,17-22H2,1-5H3/t33-,34-/m0/s1. The largest absolute Gasteiger partial charge is 0.493 e. The Bertz CT molecular complexity index is 2210. The minimum atomic E-state index is -0.563. The molecule has 0 aliphatic carbocycles. The molecule has 9 nitrogen and oxygen atoms in total. The van der Waals surface area contributed by atoms with Crippen LogP contribution in [-0.4, -0.2) is 64.3 Å². The molecule has 9 rings (SSSR count). The molecule has 0 spiro atoms. The molecule has 5 aromatic carbocycles. The highest BCUT2D eigenvalue weighted by molar-refractivity contribution is 6.33. The van der Waals surface area contributed by atoms with Crippen LogP contribution < -0.4 is 28.4 Å². The number of hydrogen-bond acceptors (Lipinski definition) is 9. The fourth-order valence-electron chi connectivity index (χ4n) is 7.98. The van der Waals surface area contributed by atoms with Crippen molar-refractivity contribution in [3.63, 3.8) is 0 Å². The Labute approximate surface area is 320 Å². The summed E-state index contributed by atoms with van der Waals surface area (Å²) in [5.74, 6) is 3.18. The maximum Gasteiger partial charge on any atom is 0.343 e. The first-order valence-electron chi connectivity index (χ1n) is 18.2. The SMILES string of the molecule is COc1ccc2cc1Oc1ccc(cc1)C[C@H]1c3cc(c(OC)cc3CCN1C)Oc1c(OC(=O)c3ccccc3)c(OC)c(Cl)c3c1[C@H](C2)N(C)CC3. The molecular formula is C44H43ClN2O7. The normalized spacial score (nSPS) is 18.0. The number of ether oxygens (including phenoxy) is 6. The summed E-state index contributed by atoms with van der Waals surface area (Å²) in [6.07, 6.45) is 2.82. The Balaban J connectivity index is 1.39. The molecule has 4 aliphatic rings. The summed E-state index contributed by atoms with van der Waals surface area (Å²) < 4.78 is 37.6. The lowest BCUT2D eigenvalue weighted by atomic mass is 9.87. The number of rotatable bonds is 5.